The van der Waals surface area contributed by atoms with Crippen molar-refractivity contribution in [1.29, 1.82) is 0 Å². The molecule has 3 atom stereocenters. The molecule has 2 bridgehead atoms. The van der Waals surface area contributed by atoms with Crippen molar-refractivity contribution in [2.24, 2.45) is 0 Å². The fourth-order valence-electron chi connectivity index (χ4n) is 3.23. The highest BCUT2D eigenvalue weighted by Crippen LogP contribution is 2.37. The SMILES string of the molecule is CCCS(=O)(=O)c1ccccc1NC1CC2CCC1O2. The third kappa shape index (κ3) is 2.56. The first-order valence-electron chi connectivity index (χ1n) is 7.34. The Morgan fingerprint density at radius 1 is 1.30 bits per heavy atom. The molecule has 4 nitrogen and oxygen atoms in total. The molecule has 2 aliphatic heterocycles. The Balaban J connectivity index is 1.83. The average molecular weight is 295 g/mol. The van der Waals surface area contributed by atoms with Crippen LogP contribution < -0.4 is 5.32 Å². The van der Waals surface area contributed by atoms with E-state index in [9.17, 15) is 8.42 Å². The Bertz CT molecular complexity index is 585. The summed E-state index contributed by atoms with van der Waals surface area (Å²) in [5.74, 6) is 0.193. The van der Waals surface area contributed by atoms with Gasteiger partial charge in [0.15, 0.2) is 9.84 Å². The van der Waals surface area contributed by atoms with Gasteiger partial charge in [0.25, 0.3) is 0 Å². The van der Waals surface area contributed by atoms with Crippen molar-refractivity contribution in [1.82, 2.24) is 0 Å². The molecule has 0 aliphatic carbocycles. The van der Waals surface area contributed by atoms with Crippen molar-refractivity contribution in [2.45, 2.75) is 55.8 Å². The minimum atomic E-state index is -3.20. The Kier molecular flexibility index (Phi) is 3.73. The summed E-state index contributed by atoms with van der Waals surface area (Å²) in [7, 11) is -3.20. The van der Waals surface area contributed by atoms with Crippen LogP contribution in [0.3, 0.4) is 0 Å². The molecular formula is C15H21NO3S. The lowest BCUT2D eigenvalue weighted by Gasteiger charge is -2.22. The number of benzene rings is 1. The van der Waals surface area contributed by atoms with Gasteiger partial charge >= 0.3 is 0 Å². The first kappa shape index (κ1) is 13.9. The van der Waals surface area contributed by atoms with Crippen LogP contribution in [-0.4, -0.2) is 32.4 Å². The number of hydrogen-bond donors (Lipinski definition) is 1. The Morgan fingerprint density at radius 2 is 2.10 bits per heavy atom. The second-order valence-corrected chi connectivity index (χ2v) is 7.75. The average Bonchev–Trinajstić information content (AvgIpc) is 3.01. The molecule has 0 amide bonds. The van der Waals surface area contributed by atoms with E-state index in [1.54, 1.807) is 12.1 Å². The molecule has 3 unspecified atom stereocenters. The van der Waals surface area contributed by atoms with Crippen LogP contribution in [-0.2, 0) is 14.6 Å². The molecule has 1 N–H and O–H groups in total. The van der Waals surface area contributed by atoms with Gasteiger partial charge in [-0.1, -0.05) is 19.1 Å². The number of rotatable bonds is 5. The highest BCUT2D eigenvalue weighted by atomic mass is 32.2. The van der Waals surface area contributed by atoms with Gasteiger partial charge in [-0.3, -0.25) is 0 Å². The molecule has 1 aromatic rings. The summed E-state index contributed by atoms with van der Waals surface area (Å²) in [6.07, 6.45) is 4.42. The lowest BCUT2D eigenvalue weighted by molar-refractivity contribution is 0.102. The van der Waals surface area contributed by atoms with Crippen LogP contribution in [0.5, 0.6) is 0 Å². The van der Waals surface area contributed by atoms with Crippen molar-refractivity contribution in [3.05, 3.63) is 24.3 Å². The van der Waals surface area contributed by atoms with E-state index in [0.29, 0.717) is 17.4 Å². The van der Waals surface area contributed by atoms with Crippen LogP contribution in [0.1, 0.15) is 32.6 Å². The molecule has 5 heteroatoms. The van der Waals surface area contributed by atoms with Crippen LogP contribution >= 0.6 is 0 Å². The predicted octanol–water partition coefficient (Wildman–Crippen LogP) is 2.60. The van der Waals surface area contributed by atoms with E-state index >= 15 is 0 Å². The zero-order valence-electron chi connectivity index (χ0n) is 11.7. The van der Waals surface area contributed by atoms with Gasteiger partial charge in [-0.15, -0.1) is 0 Å². The van der Waals surface area contributed by atoms with Crippen molar-refractivity contribution < 1.29 is 13.2 Å². The number of hydrogen-bond acceptors (Lipinski definition) is 4. The first-order chi connectivity index (χ1) is 9.60. The van der Waals surface area contributed by atoms with Crippen LogP contribution in [0, 0.1) is 0 Å². The van der Waals surface area contributed by atoms with Crippen molar-refractivity contribution >= 4 is 15.5 Å². The summed E-state index contributed by atoms with van der Waals surface area (Å²) in [5.41, 5.74) is 0.724. The van der Waals surface area contributed by atoms with Gasteiger partial charge in [0, 0.05) is 0 Å². The molecule has 1 aromatic carbocycles. The second-order valence-electron chi connectivity index (χ2n) is 5.68. The van der Waals surface area contributed by atoms with E-state index in [-0.39, 0.29) is 17.9 Å². The summed E-state index contributed by atoms with van der Waals surface area (Å²) in [5, 5.41) is 3.40. The van der Waals surface area contributed by atoms with Gasteiger partial charge in [0.1, 0.15) is 0 Å². The number of nitrogens with one attached hydrogen (secondary N) is 1. The van der Waals surface area contributed by atoms with Gasteiger partial charge in [0.05, 0.1) is 34.6 Å². The van der Waals surface area contributed by atoms with Gasteiger partial charge in [-0.05, 0) is 37.8 Å². The highest BCUT2D eigenvalue weighted by molar-refractivity contribution is 7.91. The summed E-state index contributed by atoms with van der Waals surface area (Å²) in [6.45, 7) is 1.89. The summed E-state index contributed by atoms with van der Waals surface area (Å²) < 4.78 is 30.4. The Hall–Kier alpha value is -1.07. The van der Waals surface area contributed by atoms with E-state index in [4.69, 9.17) is 4.74 Å². The molecule has 110 valence electrons. The van der Waals surface area contributed by atoms with E-state index in [0.717, 1.165) is 24.9 Å². The molecule has 2 fully saturated rings. The molecule has 2 saturated heterocycles. The molecule has 2 heterocycles. The largest absolute Gasteiger partial charge is 0.379 e. The third-order valence-electron chi connectivity index (χ3n) is 4.14. The van der Waals surface area contributed by atoms with E-state index in [1.165, 1.54) is 0 Å². The zero-order valence-corrected chi connectivity index (χ0v) is 12.5. The summed E-state index contributed by atoms with van der Waals surface area (Å²) in [4.78, 5) is 0.421. The Labute approximate surface area is 120 Å². The molecule has 2 aliphatic rings. The minimum absolute atomic E-state index is 0.193. The molecule has 3 rings (SSSR count). The fraction of sp³-hybridized carbons (Fsp3) is 0.600. The highest BCUT2D eigenvalue weighted by Gasteiger charge is 2.41. The maximum absolute atomic E-state index is 12.3. The van der Waals surface area contributed by atoms with Gasteiger partial charge in [-0.25, -0.2) is 8.42 Å². The number of fused-ring (bicyclic) bond motifs is 2. The number of ether oxygens (including phenoxy) is 1. The summed E-state index contributed by atoms with van der Waals surface area (Å²) >= 11 is 0. The summed E-state index contributed by atoms with van der Waals surface area (Å²) in [6, 6.07) is 7.45. The topological polar surface area (TPSA) is 55.4 Å². The third-order valence-corrected chi connectivity index (χ3v) is 6.11. The van der Waals surface area contributed by atoms with Crippen LogP contribution in [0.15, 0.2) is 29.2 Å². The second kappa shape index (κ2) is 5.37. The van der Waals surface area contributed by atoms with Crippen LogP contribution in [0.2, 0.25) is 0 Å². The van der Waals surface area contributed by atoms with Gasteiger partial charge in [-0.2, -0.15) is 0 Å². The van der Waals surface area contributed by atoms with Crippen LogP contribution in [0.25, 0.3) is 0 Å². The van der Waals surface area contributed by atoms with Crippen LogP contribution in [0.4, 0.5) is 5.69 Å². The van der Waals surface area contributed by atoms with Crippen molar-refractivity contribution in [3.63, 3.8) is 0 Å². The lowest BCUT2D eigenvalue weighted by Crippen LogP contribution is -2.31. The molecule has 0 radical (unpaired) electrons. The normalized spacial score (nSPS) is 28.8. The standard InChI is InChI=1S/C15H21NO3S/c1-2-9-20(17,18)15-6-4-3-5-12(15)16-13-10-11-7-8-14(13)19-11/h3-6,11,13-14,16H,2,7-10H2,1H3. The van der Waals surface area contributed by atoms with E-state index in [1.807, 2.05) is 19.1 Å². The molecular weight excluding hydrogens is 274 g/mol. The molecule has 20 heavy (non-hydrogen) atoms. The molecule has 0 aromatic heterocycles. The monoisotopic (exact) mass is 295 g/mol. The van der Waals surface area contributed by atoms with Gasteiger partial charge in [0.2, 0.25) is 0 Å². The fourth-order valence-corrected chi connectivity index (χ4v) is 4.73. The zero-order chi connectivity index (χ0) is 14.2. The first-order valence-corrected chi connectivity index (χ1v) is 8.99. The van der Waals surface area contributed by atoms with Gasteiger partial charge < -0.3 is 10.1 Å². The van der Waals surface area contributed by atoms with E-state index in [2.05, 4.69) is 5.32 Å². The van der Waals surface area contributed by atoms with Crippen molar-refractivity contribution in [2.75, 3.05) is 11.1 Å². The van der Waals surface area contributed by atoms with E-state index < -0.39 is 9.84 Å². The molecule has 0 saturated carbocycles. The maximum atomic E-state index is 12.3. The number of para-hydroxylation sites is 1. The smallest absolute Gasteiger partial charge is 0.180 e. The molecule has 0 spiro atoms. The Morgan fingerprint density at radius 3 is 2.75 bits per heavy atom. The lowest BCUT2D eigenvalue weighted by atomic mass is 9.95. The predicted molar refractivity (Wildman–Crippen MR) is 78.7 cm³/mol. The quantitative estimate of drug-likeness (QED) is 0.907. The number of sulfone groups is 1. The van der Waals surface area contributed by atoms with Crippen molar-refractivity contribution in [3.8, 4) is 0 Å². The number of anilines is 1. The minimum Gasteiger partial charge on any atom is -0.379 e. The maximum Gasteiger partial charge on any atom is 0.180 e.